The normalized spacial score (nSPS) is 19.3. The molecule has 0 aromatic carbocycles. The van der Waals surface area contributed by atoms with Gasteiger partial charge in [-0.15, -0.1) is 0 Å². The van der Waals surface area contributed by atoms with Gasteiger partial charge in [0.25, 0.3) is 0 Å². The number of nitrogens with zero attached hydrogens (tertiary/aromatic N) is 1. The van der Waals surface area contributed by atoms with Crippen molar-refractivity contribution in [2.75, 3.05) is 20.2 Å². The molecule has 1 fully saturated rings. The molecule has 0 aromatic heterocycles. The lowest BCUT2D eigenvalue weighted by atomic mass is 9.89. The molecule has 0 spiro atoms. The first-order valence-electron chi connectivity index (χ1n) is 11.9. The van der Waals surface area contributed by atoms with Crippen molar-refractivity contribution in [3.8, 4) is 0 Å². The monoisotopic (exact) mass is 499 g/mol. The number of carbonyl (C=O) groups is 2. The number of hydrogen-bond acceptors (Lipinski definition) is 7. The highest BCUT2D eigenvalue weighted by atomic mass is 28.4. The molecule has 1 aliphatic heterocycles. The van der Waals surface area contributed by atoms with E-state index in [0.29, 0.717) is 0 Å². The minimum Gasteiger partial charge on any atom is -0.468 e. The molecule has 196 valence electrons. The third-order valence-electron chi connectivity index (χ3n) is 6.61. The number of esters is 1. The zero-order valence-electron chi connectivity index (χ0n) is 23.5. The molecule has 0 bridgehead atoms. The predicted octanol–water partition coefficient (Wildman–Crippen LogP) is 4.97. The Morgan fingerprint density at radius 3 is 1.94 bits per heavy atom. The van der Waals surface area contributed by atoms with Crippen LogP contribution in [0.2, 0.25) is 18.1 Å². The second kappa shape index (κ2) is 10.7. The summed E-state index contributed by atoms with van der Waals surface area (Å²) in [5.41, 5.74) is -1.64. The lowest BCUT2D eigenvalue weighted by Gasteiger charge is -2.39. The Morgan fingerprint density at radius 1 is 1.03 bits per heavy atom. The van der Waals surface area contributed by atoms with Gasteiger partial charge in [0.05, 0.1) is 31.0 Å². The van der Waals surface area contributed by atoms with Gasteiger partial charge in [-0.2, -0.15) is 0 Å². The van der Waals surface area contributed by atoms with E-state index in [1.807, 2.05) is 39.7 Å². The molecule has 1 heterocycles. The van der Waals surface area contributed by atoms with Crippen LogP contribution in [0.25, 0.3) is 0 Å². The first-order chi connectivity index (χ1) is 15.1. The highest BCUT2D eigenvalue weighted by Gasteiger charge is 2.50. The van der Waals surface area contributed by atoms with Gasteiger partial charge in [0, 0.05) is 0 Å². The van der Waals surface area contributed by atoms with Gasteiger partial charge >= 0.3 is 19.2 Å². The van der Waals surface area contributed by atoms with Crippen molar-refractivity contribution in [3.05, 3.63) is 12.1 Å². The molecule has 0 N–H and O–H groups in total. The number of amides is 1. The fraction of sp³-hybridized carbons (Fsp3) is 0.833. The van der Waals surface area contributed by atoms with Crippen LogP contribution in [0.5, 0.6) is 0 Å². The molecule has 1 aliphatic rings. The van der Waals surface area contributed by atoms with Gasteiger partial charge in [-0.25, -0.2) is 4.79 Å². The molecule has 10 heteroatoms. The van der Waals surface area contributed by atoms with E-state index in [4.69, 9.17) is 23.2 Å². The summed E-state index contributed by atoms with van der Waals surface area (Å²) in [6, 6.07) is 0. The van der Waals surface area contributed by atoms with Crippen LogP contribution in [-0.2, 0) is 28.0 Å². The van der Waals surface area contributed by atoms with Crippen molar-refractivity contribution in [2.24, 2.45) is 0 Å². The van der Waals surface area contributed by atoms with Crippen molar-refractivity contribution in [3.63, 3.8) is 0 Å². The van der Waals surface area contributed by atoms with Crippen LogP contribution in [0.3, 0.4) is 0 Å². The Kier molecular flexibility index (Phi) is 9.67. The Labute approximate surface area is 207 Å². The van der Waals surface area contributed by atoms with Crippen molar-refractivity contribution in [1.82, 2.24) is 4.90 Å². The van der Waals surface area contributed by atoms with Crippen molar-refractivity contribution >= 4 is 27.5 Å². The number of hydrogen-bond donors (Lipinski definition) is 0. The van der Waals surface area contributed by atoms with Gasteiger partial charge in [-0.1, -0.05) is 32.8 Å². The Bertz CT molecular complexity index is 737. The molecule has 1 unspecified atom stereocenters. The molecule has 1 rings (SSSR count). The van der Waals surface area contributed by atoms with Crippen molar-refractivity contribution in [1.29, 1.82) is 0 Å². The van der Waals surface area contributed by atoms with E-state index in [-0.39, 0.29) is 18.1 Å². The average molecular weight is 500 g/mol. The lowest BCUT2D eigenvalue weighted by Crippen LogP contribution is -2.49. The average Bonchev–Trinajstić information content (AvgIpc) is 2.82. The third kappa shape index (κ3) is 8.70. The smallest absolute Gasteiger partial charge is 0.468 e. The summed E-state index contributed by atoms with van der Waals surface area (Å²) < 4.78 is 29.1. The first-order valence-corrected chi connectivity index (χ1v) is 14.8. The zero-order chi connectivity index (χ0) is 26.8. The molecule has 8 nitrogen and oxygen atoms in total. The van der Waals surface area contributed by atoms with E-state index in [1.54, 1.807) is 20.8 Å². The number of methoxy groups -OCH3 is 1. The first kappa shape index (κ1) is 30.7. The van der Waals surface area contributed by atoms with Gasteiger partial charge < -0.3 is 23.2 Å². The van der Waals surface area contributed by atoms with Crippen LogP contribution in [0, 0.1) is 0 Å². The molecule has 34 heavy (non-hydrogen) atoms. The van der Waals surface area contributed by atoms with E-state index >= 15 is 0 Å². The number of carbonyl (C=O) groups excluding carboxylic acids is 2. The number of rotatable bonds is 8. The summed E-state index contributed by atoms with van der Waals surface area (Å²) in [5.74, 6) is 1.28. The highest BCUT2D eigenvalue weighted by molar-refractivity contribution is 6.74. The van der Waals surface area contributed by atoms with Crippen LogP contribution in [-0.4, -0.2) is 75.5 Å². The van der Waals surface area contributed by atoms with Gasteiger partial charge in [0.1, 0.15) is 12.1 Å². The topological polar surface area (TPSA) is 83.5 Å². The molecule has 1 amide bonds. The molecule has 1 atom stereocenters. The van der Waals surface area contributed by atoms with E-state index in [2.05, 4.69) is 33.9 Å². The van der Waals surface area contributed by atoms with Gasteiger partial charge in [0.2, 0.25) is 0 Å². The fourth-order valence-corrected chi connectivity index (χ4v) is 4.11. The molecular formula is C24H46BNO7Si. The maximum absolute atomic E-state index is 12.9. The van der Waals surface area contributed by atoms with E-state index < -0.39 is 50.4 Å². The maximum atomic E-state index is 12.9. The number of ether oxygens (including phenoxy) is 2. The summed E-state index contributed by atoms with van der Waals surface area (Å²) in [7, 11) is -1.49. The SMILES string of the molecule is COC(=O)CN(CC(/C=C/B1OC(C)(C)C(C)(C)O1)O[Si](C)(C)C(C)(C)C)C(=O)OC(C)(C)C. The van der Waals surface area contributed by atoms with Crippen LogP contribution < -0.4 is 0 Å². The maximum Gasteiger partial charge on any atom is 0.486 e. The quantitative estimate of drug-likeness (QED) is 0.344. The molecular weight excluding hydrogens is 453 g/mol. The summed E-state index contributed by atoms with van der Waals surface area (Å²) in [5, 5.41) is -0.0530. The van der Waals surface area contributed by atoms with E-state index in [9.17, 15) is 9.59 Å². The van der Waals surface area contributed by atoms with Crippen LogP contribution in [0.4, 0.5) is 4.79 Å². The standard InChI is InChI=1S/C24H46BNO7Si/c1-21(2,3)30-20(28)26(17-19(27)29-11)16-18(31-34(12,13)22(4,5)6)14-15-25-32-23(7,8)24(9,10)33-25/h14-15,18H,16-17H2,1-13H3/b15-14+. The molecule has 1 saturated heterocycles. The second-order valence-electron chi connectivity index (χ2n) is 12.4. The zero-order valence-corrected chi connectivity index (χ0v) is 24.5. The summed E-state index contributed by atoms with van der Waals surface area (Å²) in [6.07, 6.45) is 0.750. The van der Waals surface area contributed by atoms with Gasteiger partial charge in [-0.3, -0.25) is 9.69 Å². The lowest BCUT2D eigenvalue weighted by molar-refractivity contribution is -0.142. The summed E-state index contributed by atoms with van der Waals surface area (Å²) >= 11 is 0. The van der Waals surface area contributed by atoms with Gasteiger partial charge in [0.15, 0.2) is 8.32 Å². The van der Waals surface area contributed by atoms with Crippen LogP contribution >= 0.6 is 0 Å². The van der Waals surface area contributed by atoms with Crippen molar-refractivity contribution < 1.29 is 32.8 Å². The Balaban J connectivity index is 3.23. The highest BCUT2D eigenvalue weighted by Crippen LogP contribution is 2.39. The van der Waals surface area contributed by atoms with Crippen LogP contribution in [0.15, 0.2) is 12.1 Å². The van der Waals surface area contributed by atoms with E-state index in [1.165, 1.54) is 12.0 Å². The van der Waals surface area contributed by atoms with Crippen LogP contribution in [0.1, 0.15) is 69.2 Å². The van der Waals surface area contributed by atoms with Crippen molar-refractivity contribution in [2.45, 2.75) is 110 Å². The minimum absolute atomic E-state index is 0.0530. The van der Waals surface area contributed by atoms with E-state index in [0.717, 1.165) is 0 Å². The minimum atomic E-state index is -2.23. The third-order valence-corrected chi connectivity index (χ3v) is 11.1. The molecule has 0 saturated carbocycles. The molecule has 0 aromatic rings. The van der Waals surface area contributed by atoms with Gasteiger partial charge in [-0.05, 0) is 66.6 Å². The molecule has 0 radical (unpaired) electrons. The largest absolute Gasteiger partial charge is 0.486 e. The second-order valence-corrected chi connectivity index (χ2v) is 17.1. The molecule has 0 aliphatic carbocycles. The Hall–Kier alpha value is -1.36. The Morgan fingerprint density at radius 2 is 1.53 bits per heavy atom. The fourth-order valence-electron chi connectivity index (χ4n) is 2.84. The summed E-state index contributed by atoms with van der Waals surface area (Å²) in [6.45, 7) is 23.9. The predicted molar refractivity (Wildman–Crippen MR) is 137 cm³/mol. The summed E-state index contributed by atoms with van der Waals surface area (Å²) in [4.78, 5) is 26.3.